The first-order valence-electron chi connectivity index (χ1n) is 12.5. The summed E-state index contributed by atoms with van der Waals surface area (Å²) >= 11 is 0. The second kappa shape index (κ2) is 9.19. The topological polar surface area (TPSA) is 97.5 Å². The zero-order valence-electron chi connectivity index (χ0n) is 20.7. The maximum atomic E-state index is 13.7. The van der Waals surface area contributed by atoms with Gasteiger partial charge in [-0.1, -0.05) is 6.92 Å². The normalized spacial score (nSPS) is 27.5. The lowest BCUT2D eigenvalue weighted by Gasteiger charge is -2.38. The Morgan fingerprint density at radius 1 is 1.18 bits per heavy atom. The molecule has 9 nitrogen and oxygen atoms in total. The molecule has 2 aromatic rings. The van der Waals surface area contributed by atoms with E-state index in [1.54, 1.807) is 0 Å². The van der Waals surface area contributed by atoms with Crippen LogP contribution in [0.15, 0.2) is 17.4 Å². The molecule has 1 saturated heterocycles. The number of ether oxygens (including phenoxy) is 1. The smallest absolute Gasteiger partial charge is 0.240 e. The highest BCUT2D eigenvalue weighted by atomic mass is 16.5. The van der Waals surface area contributed by atoms with Crippen molar-refractivity contribution in [1.29, 1.82) is 0 Å². The summed E-state index contributed by atoms with van der Waals surface area (Å²) < 4.78 is 7.97. The van der Waals surface area contributed by atoms with Crippen molar-refractivity contribution in [2.45, 2.75) is 78.3 Å². The van der Waals surface area contributed by atoms with Crippen LogP contribution in [0.4, 0.5) is 5.82 Å². The van der Waals surface area contributed by atoms with Crippen LogP contribution in [0.1, 0.15) is 58.1 Å². The SMILES string of the molecule is CCn1c(-c2cnc(C)nc2)nc2c1N=CC(C)C2NC(C(=O)N1C[C@@H](C)O[C@@H](C)C1)C1CC1. The zero-order chi connectivity index (χ0) is 24.0. The molecule has 1 amide bonds. The monoisotopic (exact) mass is 465 g/mol. The zero-order valence-corrected chi connectivity index (χ0v) is 20.7. The average molecular weight is 466 g/mol. The van der Waals surface area contributed by atoms with Gasteiger partial charge in [-0.3, -0.25) is 10.1 Å². The molecule has 0 aromatic carbocycles. The molecule has 1 saturated carbocycles. The lowest BCUT2D eigenvalue weighted by atomic mass is 9.95. The first kappa shape index (κ1) is 23.1. The van der Waals surface area contributed by atoms with E-state index >= 15 is 0 Å². The summed E-state index contributed by atoms with van der Waals surface area (Å²) in [7, 11) is 0. The standard InChI is InChI=1S/C25H35N7O2/c1-6-32-23(19-10-26-17(5)27-11-19)30-22-20(14(2)9-28-24(22)32)29-21(18-7-8-18)25(33)31-12-15(3)34-16(4)13-31/h9-11,14-16,18,20-21,29H,6-8,12-13H2,1-5H3/t14?,15-,16+,20?,21?. The molecule has 5 rings (SSSR count). The number of nitrogens with zero attached hydrogens (tertiary/aromatic N) is 6. The van der Waals surface area contributed by atoms with E-state index in [0.29, 0.717) is 19.0 Å². The summed E-state index contributed by atoms with van der Waals surface area (Å²) in [5.41, 5.74) is 1.77. The van der Waals surface area contributed by atoms with Gasteiger partial charge in [-0.05, 0) is 46.5 Å². The first-order chi connectivity index (χ1) is 16.4. The molecular formula is C25H35N7O2. The molecule has 3 unspecified atom stereocenters. The van der Waals surface area contributed by atoms with E-state index in [1.807, 2.05) is 44.3 Å². The number of hydrogen-bond acceptors (Lipinski definition) is 7. The van der Waals surface area contributed by atoms with Gasteiger partial charge in [0.15, 0.2) is 5.82 Å². The lowest BCUT2D eigenvalue weighted by Crippen LogP contribution is -2.56. The minimum atomic E-state index is -0.220. The van der Waals surface area contributed by atoms with Gasteiger partial charge in [0.2, 0.25) is 5.91 Å². The Morgan fingerprint density at radius 3 is 2.47 bits per heavy atom. The average Bonchev–Trinajstić information content (AvgIpc) is 3.57. The minimum Gasteiger partial charge on any atom is -0.372 e. The van der Waals surface area contributed by atoms with Crippen LogP contribution >= 0.6 is 0 Å². The molecule has 2 aliphatic heterocycles. The fourth-order valence-electron chi connectivity index (χ4n) is 5.18. The van der Waals surface area contributed by atoms with Crippen molar-refractivity contribution in [1.82, 2.24) is 29.7 Å². The van der Waals surface area contributed by atoms with Crippen LogP contribution in [-0.4, -0.2) is 67.9 Å². The highest BCUT2D eigenvalue weighted by molar-refractivity contribution is 5.83. The van der Waals surface area contributed by atoms with Crippen molar-refractivity contribution in [3.8, 4) is 11.4 Å². The number of rotatable bonds is 6. The van der Waals surface area contributed by atoms with Crippen molar-refractivity contribution in [3.05, 3.63) is 23.9 Å². The predicted octanol–water partition coefficient (Wildman–Crippen LogP) is 3.07. The van der Waals surface area contributed by atoms with Crippen molar-refractivity contribution in [2.75, 3.05) is 13.1 Å². The molecule has 3 aliphatic rings. The highest BCUT2D eigenvalue weighted by Crippen LogP contribution is 2.40. The Morgan fingerprint density at radius 2 is 1.85 bits per heavy atom. The van der Waals surface area contributed by atoms with Gasteiger partial charge in [0.25, 0.3) is 0 Å². The van der Waals surface area contributed by atoms with Crippen molar-refractivity contribution in [3.63, 3.8) is 0 Å². The highest BCUT2D eigenvalue weighted by Gasteiger charge is 2.43. The molecule has 34 heavy (non-hydrogen) atoms. The fourth-order valence-corrected chi connectivity index (χ4v) is 5.18. The Balaban J connectivity index is 1.45. The number of aryl methyl sites for hydroxylation is 1. The van der Waals surface area contributed by atoms with Crippen molar-refractivity contribution in [2.24, 2.45) is 16.8 Å². The van der Waals surface area contributed by atoms with E-state index in [2.05, 4.69) is 33.7 Å². The van der Waals surface area contributed by atoms with Crippen LogP contribution in [0.3, 0.4) is 0 Å². The van der Waals surface area contributed by atoms with Gasteiger partial charge >= 0.3 is 0 Å². The molecule has 5 atom stereocenters. The Bertz CT molecular complexity index is 1070. The van der Waals surface area contributed by atoms with E-state index in [0.717, 1.165) is 48.1 Å². The number of amides is 1. The number of carbonyl (C=O) groups excluding carboxylic acids is 1. The van der Waals surface area contributed by atoms with Crippen LogP contribution in [-0.2, 0) is 16.1 Å². The van der Waals surface area contributed by atoms with Gasteiger partial charge < -0.3 is 14.2 Å². The van der Waals surface area contributed by atoms with Crippen LogP contribution in [0, 0.1) is 18.8 Å². The maximum Gasteiger partial charge on any atom is 0.240 e. The van der Waals surface area contributed by atoms with Gasteiger partial charge in [0, 0.05) is 44.2 Å². The summed E-state index contributed by atoms with van der Waals surface area (Å²) in [6, 6.07) is -0.307. The summed E-state index contributed by atoms with van der Waals surface area (Å²) in [5, 5.41) is 3.75. The number of fused-ring (bicyclic) bond motifs is 1. The van der Waals surface area contributed by atoms with E-state index < -0.39 is 0 Å². The Labute approximate surface area is 201 Å². The lowest BCUT2D eigenvalue weighted by molar-refractivity contribution is -0.146. The van der Waals surface area contributed by atoms with E-state index in [1.165, 1.54) is 0 Å². The van der Waals surface area contributed by atoms with Gasteiger partial charge in [-0.25, -0.2) is 19.9 Å². The van der Waals surface area contributed by atoms with Crippen LogP contribution < -0.4 is 5.32 Å². The molecule has 1 N–H and O–H groups in total. The molecule has 0 spiro atoms. The number of aliphatic imine (C=N–C) groups is 1. The van der Waals surface area contributed by atoms with Gasteiger partial charge in [0.05, 0.1) is 29.9 Å². The summed E-state index contributed by atoms with van der Waals surface area (Å²) in [6.45, 7) is 12.2. The molecule has 0 bridgehead atoms. The number of nitrogens with one attached hydrogen (secondary N) is 1. The van der Waals surface area contributed by atoms with E-state index in [-0.39, 0.29) is 36.1 Å². The third-order valence-electron chi connectivity index (χ3n) is 7.02. The van der Waals surface area contributed by atoms with Crippen LogP contribution in [0.25, 0.3) is 11.4 Å². The molecule has 0 radical (unpaired) electrons. The molecular weight excluding hydrogens is 430 g/mol. The second-order valence-corrected chi connectivity index (χ2v) is 10.0. The molecule has 9 heteroatoms. The number of imidazole rings is 1. The van der Waals surface area contributed by atoms with Gasteiger partial charge in [-0.15, -0.1) is 0 Å². The number of hydrogen-bond donors (Lipinski definition) is 1. The fraction of sp³-hybridized carbons (Fsp3) is 0.640. The second-order valence-electron chi connectivity index (χ2n) is 10.0. The third-order valence-corrected chi connectivity index (χ3v) is 7.02. The van der Waals surface area contributed by atoms with Crippen LogP contribution in [0.5, 0.6) is 0 Å². The predicted molar refractivity (Wildman–Crippen MR) is 130 cm³/mol. The van der Waals surface area contributed by atoms with E-state index in [9.17, 15) is 4.79 Å². The molecule has 182 valence electrons. The summed E-state index contributed by atoms with van der Waals surface area (Å²) in [6.07, 6.45) is 7.88. The van der Waals surface area contributed by atoms with E-state index in [4.69, 9.17) is 14.7 Å². The quantitative estimate of drug-likeness (QED) is 0.704. The van der Waals surface area contributed by atoms with Crippen molar-refractivity contribution < 1.29 is 9.53 Å². The molecule has 2 aromatic heterocycles. The number of carbonyl (C=O) groups is 1. The number of morpholine rings is 1. The first-order valence-corrected chi connectivity index (χ1v) is 12.5. The molecule has 2 fully saturated rings. The number of aromatic nitrogens is 4. The molecule has 1 aliphatic carbocycles. The summed E-state index contributed by atoms with van der Waals surface area (Å²) in [4.78, 5) is 34.2. The largest absolute Gasteiger partial charge is 0.372 e. The Kier molecular flexibility index (Phi) is 6.24. The minimum absolute atomic E-state index is 0.0550. The van der Waals surface area contributed by atoms with Gasteiger partial charge in [0.1, 0.15) is 17.3 Å². The third kappa shape index (κ3) is 4.38. The van der Waals surface area contributed by atoms with Gasteiger partial charge in [-0.2, -0.15) is 0 Å². The molecule has 4 heterocycles. The van der Waals surface area contributed by atoms with Crippen LogP contribution in [0.2, 0.25) is 0 Å². The Hall–Kier alpha value is -2.65. The van der Waals surface area contributed by atoms with Crippen molar-refractivity contribution >= 4 is 17.9 Å². The summed E-state index contributed by atoms with van der Waals surface area (Å²) in [5.74, 6) is 3.06. The maximum absolute atomic E-state index is 13.7.